The molecule has 0 aromatic heterocycles. The summed E-state index contributed by atoms with van der Waals surface area (Å²) in [6.07, 6.45) is 6.12. The third kappa shape index (κ3) is 6.28. The van der Waals surface area contributed by atoms with Gasteiger partial charge in [-0.25, -0.2) is 9.59 Å². The van der Waals surface area contributed by atoms with E-state index in [4.69, 9.17) is 23.7 Å². The van der Waals surface area contributed by atoms with Gasteiger partial charge in [0, 0.05) is 36.1 Å². The lowest BCUT2D eigenvalue weighted by Gasteiger charge is -2.53. The molecule has 15 nitrogen and oxygen atoms in total. The number of ether oxygens (including phenoxy) is 5. The van der Waals surface area contributed by atoms with Crippen molar-refractivity contribution in [3.63, 3.8) is 0 Å². The van der Waals surface area contributed by atoms with E-state index >= 15 is 0 Å². The van der Waals surface area contributed by atoms with Gasteiger partial charge in [-0.1, -0.05) is 42.5 Å². The molecule has 2 heterocycles. The Bertz CT molecular complexity index is 1950. The number of methoxy groups -OCH3 is 1. The molecule has 0 amide bonds. The van der Waals surface area contributed by atoms with E-state index in [-0.39, 0.29) is 23.1 Å². The fraction of sp³-hybridized carbons (Fsp3) is 0.462. The van der Waals surface area contributed by atoms with Gasteiger partial charge in [0.15, 0.2) is 17.2 Å². The zero-order chi connectivity index (χ0) is 39.5. The van der Waals surface area contributed by atoms with Gasteiger partial charge in [-0.3, -0.25) is 14.4 Å². The first kappa shape index (κ1) is 39.1. The molecular weight excluding hydrogens is 708 g/mol. The minimum atomic E-state index is -3.05. The minimum Gasteiger partial charge on any atom is -0.507 e. The van der Waals surface area contributed by atoms with E-state index in [0.29, 0.717) is 6.42 Å². The van der Waals surface area contributed by atoms with Crippen LogP contribution in [-0.2, 0) is 38.1 Å². The fourth-order valence-corrected chi connectivity index (χ4v) is 7.77. The van der Waals surface area contributed by atoms with Crippen molar-refractivity contribution in [2.75, 3.05) is 7.11 Å². The van der Waals surface area contributed by atoms with Gasteiger partial charge < -0.3 is 49.2 Å². The van der Waals surface area contributed by atoms with Gasteiger partial charge in [0.05, 0.1) is 42.2 Å². The highest BCUT2D eigenvalue weighted by Crippen LogP contribution is 2.52. The summed E-state index contributed by atoms with van der Waals surface area (Å²) >= 11 is 0. The van der Waals surface area contributed by atoms with Gasteiger partial charge in [0.1, 0.15) is 29.7 Å². The Morgan fingerprint density at radius 3 is 2.33 bits per heavy atom. The Morgan fingerprint density at radius 2 is 1.65 bits per heavy atom. The van der Waals surface area contributed by atoms with E-state index in [1.54, 1.807) is 38.2 Å². The van der Waals surface area contributed by atoms with E-state index in [9.17, 15) is 49.5 Å². The van der Waals surface area contributed by atoms with Crippen LogP contribution in [0.5, 0.6) is 5.75 Å². The van der Waals surface area contributed by atoms with Gasteiger partial charge >= 0.3 is 11.9 Å². The number of phenolic OH excluding ortho intramolecular Hbond substituents is 1. The Hall–Kier alpha value is -4.61. The second-order valence-corrected chi connectivity index (χ2v) is 14.5. The van der Waals surface area contributed by atoms with Crippen molar-refractivity contribution in [2.45, 2.75) is 106 Å². The molecule has 10 atom stereocenters. The monoisotopic (exact) mass is 750 g/mol. The van der Waals surface area contributed by atoms with Crippen LogP contribution in [0, 0.1) is 0 Å². The molecule has 15 heteroatoms. The zero-order valence-corrected chi connectivity index (χ0v) is 30.2. The number of fused-ring (bicyclic) bond motifs is 3. The van der Waals surface area contributed by atoms with E-state index in [1.165, 1.54) is 38.3 Å². The fourth-order valence-electron chi connectivity index (χ4n) is 7.77. The number of aliphatic hydroxyl groups is 4. The van der Waals surface area contributed by atoms with Crippen molar-refractivity contribution in [3.8, 4) is 5.75 Å². The van der Waals surface area contributed by atoms with E-state index in [0.717, 1.165) is 19.1 Å². The number of Topliss-reactive ketones (excluding diaryl/α,β-unsaturated/α-hetero) is 3. The standard InChI is InChI=1S/C39H42O15/c1-19-24(52-27(40)11-9-7-6-8-10-25-20(2)53-37(4,54-25)35(46)50-5)14-15-26(51-19)21-12-13-22-28(30(21)41)31(42)23-16-17-38(48)18-36(3,47)33(44)34(45)39(38,49)29(23)32(22)43/h6-13,16-17,19-20,24-26,33,41,44,47-49H,14-15,18H2,1-5H3/b7-6+,10-8+,11-9+/t19-,20+,24+,25+,26-,33+,36-,37+,38+,39-/m1/s1. The minimum absolute atomic E-state index is 0.183. The number of aromatic hydroxyl groups is 1. The van der Waals surface area contributed by atoms with Gasteiger partial charge in [0.25, 0.3) is 5.79 Å². The summed E-state index contributed by atoms with van der Waals surface area (Å²) in [4.78, 5) is 65.4. The number of esters is 2. The number of aliphatic hydroxyl groups excluding tert-OH is 1. The van der Waals surface area contributed by atoms with Crippen molar-refractivity contribution in [3.05, 3.63) is 88.6 Å². The Balaban J connectivity index is 1.09. The van der Waals surface area contributed by atoms with Crippen LogP contribution in [0.25, 0.3) is 0 Å². The van der Waals surface area contributed by atoms with Crippen LogP contribution in [0.3, 0.4) is 0 Å². The number of rotatable bonds is 7. The van der Waals surface area contributed by atoms with Gasteiger partial charge in [-0.15, -0.1) is 0 Å². The lowest BCUT2D eigenvalue weighted by molar-refractivity contribution is -0.209. The van der Waals surface area contributed by atoms with Crippen molar-refractivity contribution in [1.82, 2.24) is 0 Å². The summed E-state index contributed by atoms with van der Waals surface area (Å²) in [6.45, 7) is 6.02. The van der Waals surface area contributed by atoms with E-state index in [1.807, 2.05) is 0 Å². The van der Waals surface area contributed by atoms with Crippen LogP contribution in [0.4, 0.5) is 0 Å². The van der Waals surface area contributed by atoms with Crippen molar-refractivity contribution < 1.29 is 73.2 Å². The van der Waals surface area contributed by atoms with Gasteiger partial charge in [-0.2, -0.15) is 0 Å². The molecule has 1 aromatic carbocycles. The van der Waals surface area contributed by atoms with E-state index in [2.05, 4.69) is 0 Å². The Labute approximate surface area is 309 Å². The molecule has 5 N–H and O–H groups in total. The number of phenols is 1. The van der Waals surface area contributed by atoms with Crippen LogP contribution in [0.15, 0.2) is 71.9 Å². The predicted octanol–water partition coefficient (Wildman–Crippen LogP) is 1.70. The molecule has 2 aliphatic heterocycles. The third-order valence-electron chi connectivity index (χ3n) is 10.6. The van der Waals surface area contributed by atoms with Crippen LogP contribution in [0.1, 0.15) is 79.3 Å². The first-order chi connectivity index (χ1) is 25.3. The lowest BCUT2D eigenvalue weighted by atomic mass is 9.56. The van der Waals surface area contributed by atoms with Crippen LogP contribution in [0.2, 0.25) is 0 Å². The highest BCUT2D eigenvalue weighted by atomic mass is 16.8. The van der Waals surface area contributed by atoms with Crippen LogP contribution in [-0.4, -0.2) is 115 Å². The second kappa shape index (κ2) is 13.9. The summed E-state index contributed by atoms with van der Waals surface area (Å²) < 4.78 is 27.7. The maximum Gasteiger partial charge on any atom is 0.366 e. The zero-order valence-electron chi connectivity index (χ0n) is 30.2. The maximum absolute atomic E-state index is 13.9. The molecule has 1 saturated carbocycles. The molecule has 0 spiro atoms. The van der Waals surface area contributed by atoms with Crippen LogP contribution >= 0.6 is 0 Å². The summed E-state index contributed by atoms with van der Waals surface area (Å²) in [6, 6.07) is 2.62. The molecule has 2 saturated heterocycles. The Morgan fingerprint density at radius 1 is 0.944 bits per heavy atom. The second-order valence-electron chi connectivity index (χ2n) is 14.5. The summed E-state index contributed by atoms with van der Waals surface area (Å²) in [5.74, 6) is -6.68. The molecule has 0 unspecified atom stereocenters. The lowest BCUT2D eigenvalue weighted by Crippen LogP contribution is -2.74. The number of carbonyl (C=O) groups is 5. The van der Waals surface area contributed by atoms with Crippen LogP contribution < -0.4 is 0 Å². The number of ketones is 3. The maximum atomic E-state index is 13.9. The van der Waals surface area contributed by atoms with Gasteiger partial charge in [0.2, 0.25) is 5.78 Å². The molecule has 288 valence electrons. The number of hydrogen-bond donors (Lipinski definition) is 5. The normalized spacial score (nSPS) is 37.9. The van der Waals surface area contributed by atoms with E-state index < -0.39 is 112 Å². The highest BCUT2D eigenvalue weighted by Gasteiger charge is 2.69. The number of allylic oxidation sites excluding steroid dienone is 6. The molecule has 0 radical (unpaired) electrons. The quantitative estimate of drug-likeness (QED) is 0.152. The molecule has 5 aliphatic rings. The topological polar surface area (TPSA) is 233 Å². The average molecular weight is 751 g/mol. The number of hydrogen-bond acceptors (Lipinski definition) is 15. The first-order valence-electron chi connectivity index (χ1n) is 17.4. The number of benzene rings is 1. The summed E-state index contributed by atoms with van der Waals surface area (Å²) in [7, 11) is 1.24. The Kier molecular flexibility index (Phi) is 10.1. The average Bonchev–Trinajstić information content (AvgIpc) is 3.42. The SMILES string of the molecule is COC(=O)[C@@]1(C)O[C@@H](C)[C@H](/C=C/C=C/C=C/C(=O)O[C@H]2CC[C@H](c3ccc4c(c3O)C(=O)C3=C(C4=O)[C@@]4(O)C(=O)[C@H](O)[C@](C)(O)C[C@@]4(O)C=C3)O[C@@H]2C)O1. The summed E-state index contributed by atoms with van der Waals surface area (Å²) in [5, 5.41) is 55.4. The highest BCUT2D eigenvalue weighted by molar-refractivity contribution is 6.32. The van der Waals surface area contributed by atoms with Crippen molar-refractivity contribution >= 4 is 29.3 Å². The largest absolute Gasteiger partial charge is 0.507 e. The molecule has 54 heavy (non-hydrogen) atoms. The third-order valence-corrected chi connectivity index (χ3v) is 10.6. The van der Waals surface area contributed by atoms with Crippen molar-refractivity contribution in [2.24, 2.45) is 0 Å². The molecular formula is C39H42O15. The van der Waals surface area contributed by atoms with Gasteiger partial charge in [-0.05, 0) is 45.8 Å². The molecule has 3 fully saturated rings. The number of carbonyl (C=O) groups excluding carboxylic acids is 5. The molecule has 3 aliphatic carbocycles. The summed E-state index contributed by atoms with van der Waals surface area (Å²) in [5.41, 5.74) is -9.46. The molecule has 6 rings (SSSR count). The molecule has 1 aromatic rings. The predicted molar refractivity (Wildman–Crippen MR) is 185 cm³/mol. The van der Waals surface area contributed by atoms with Crippen molar-refractivity contribution in [1.29, 1.82) is 0 Å². The smallest absolute Gasteiger partial charge is 0.366 e. The first-order valence-corrected chi connectivity index (χ1v) is 17.4. The molecule has 0 bridgehead atoms.